The number of ether oxygens (including phenoxy) is 1. The normalized spacial score (nSPS) is 16.1. The van der Waals surface area contributed by atoms with Gasteiger partial charge in [-0.05, 0) is 19.4 Å². The fourth-order valence-corrected chi connectivity index (χ4v) is 4.60. The van der Waals surface area contributed by atoms with Crippen molar-refractivity contribution in [2.24, 2.45) is 0 Å². The van der Waals surface area contributed by atoms with E-state index in [1.54, 1.807) is 11.3 Å². The first-order chi connectivity index (χ1) is 14.2. The molecule has 1 saturated heterocycles. The largest absolute Gasteiger partial charge is 0.379 e. The van der Waals surface area contributed by atoms with Gasteiger partial charge in [0.25, 0.3) is 0 Å². The van der Waals surface area contributed by atoms with Crippen LogP contribution in [0.2, 0.25) is 0 Å². The topological polar surface area (TPSA) is 37.4 Å². The predicted octanol–water partition coefficient (Wildman–Crippen LogP) is 4.59. The lowest BCUT2D eigenvalue weighted by Gasteiger charge is -2.35. The van der Waals surface area contributed by atoms with Crippen molar-refractivity contribution >= 4 is 11.3 Å². The summed E-state index contributed by atoms with van der Waals surface area (Å²) in [6.07, 6.45) is 0. The number of morpholine rings is 1. The Kier molecular flexibility index (Phi) is 6.72. The van der Waals surface area contributed by atoms with Crippen LogP contribution in [-0.2, 0) is 11.3 Å². The molecule has 1 N–H and O–H groups in total. The summed E-state index contributed by atoms with van der Waals surface area (Å²) in [5.41, 5.74) is 6.26. The van der Waals surface area contributed by atoms with Crippen LogP contribution in [0.4, 0.5) is 0 Å². The monoisotopic (exact) mass is 407 g/mol. The van der Waals surface area contributed by atoms with E-state index in [9.17, 15) is 0 Å². The summed E-state index contributed by atoms with van der Waals surface area (Å²) >= 11 is 1.72. The van der Waals surface area contributed by atoms with Crippen LogP contribution >= 0.6 is 11.3 Å². The van der Waals surface area contributed by atoms with Gasteiger partial charge in [0.1, 0.15) is 5.01 Å². The Bertz CT molecular complexity index is 916. The van der Waals surface area contributed by atoms with Gasteiger partial charge in [-0.25, -0.2) is 4.98 Å². The van der Waals surface area contributed by atoms with Crippen molar-refractivity contribution in [2.75, 3.05) is 32.8 Å². The molecule has 0 spiro atoms. The van der Waals surface area contributed by atoms with E-state index in [4.69, 9.17) is 9.72 Å². The number of aromatic nitrogens is 1. The minimum Gasteiger partial charge on any atom is -0.379 e. The highest BCUT2D eigenvalue weighted by atomic mass is 32.1. The van der Waals surface area contributed by atoms with Gasteiger partial charge in [-0.3, -0.25) is 4.90 Å². The second-order valence-electron chi connectivity index (χ2n) is 7.72. The van der Waals surface area contributed by atoms with E-state index in [-0.39, 0.29) is 0 Å². The molecule has 3 aromatic rings. The Morgan fingerprint density at radius 3 is 2.62 bits per heavy atom. The second-order valence-corrected chi connectivity index (χ2v) is 8.58. The van der Waals surface area contributed by atoms with Crippen molar-refractivity contribution in [3.05, 3.63) is 76.3 Å². The number of thiazole rings is 1. The summed E-state index contributed by atoms with van der Waals surface area (Å²) < 4.78 is 5.56. The number of hydrogen-bond acceptors (Lipinski definition) is 5. The molecule has 1 aromatic heterocycles. The van der Waals surface area contributed by atoms with Crippen molar-refractivity contribution in [2.45, 2.75) is 26.4 Å². The van der Waals surface area contributed by atoms with E-state index in [0.717, 1.165) is 50.1 Å². The van der Waals surface area contributed by atoms with Crippen molar-refractivity contribution in [3.63, 3.8) is 0 Å². The standard InChI is InChI=1S/C24H29N3OS/c1-18-6-8-20(9-7-18)24-26-22(17-29-24)15-25-16-23(27-10-12-28-13-11-27)21-5-3-4-19(2)14-21/h3-9,14,17,23,25H,10-13,15-16H2,1-2H3. The lowest BCUT2D eigenvalue weighted by Crippen LogP contribution is -2.42. The molecule has 4 nitrogen and oxygen atoms in total. The molecule has 2 heterocycles. The summed E-state index contributed by atoms with van der Waals surface area (Å²) in [6, 6.07) is 17.8. The summed E-state index contributed by atoms with van der Waals surface area (Å²) in [7, 11) is 0. The van der Waals surface area contributed by atoms with Crippen LogP contribution in [0.1, 0.15) is 28.4 Å². The van der Waals surface area contributed by atoms with Crippen LogP contribution in [0, 0.1) is 13.8 Å². The first kappa shape index (κ1) is 20.2. The summed E-state index contributed by atoms with van der Waals surface area (Å²) in [5, 5.41) is 6.91. The lowest BCUT2D eigenvalue weighted by atomic mass is 10.0. The molecule has 1 aliphatic rings. The van der Waals surface area contributed by atoms with Crippen LogP contribution < -0.4 is 5.32 Å². The number of benzene rings is 2. The van der Waals surface area contributed by atoms with E-state index in [2.05, 4.69) is 78.0 Å². The van der Waals surface area contributed by atoms with E-state index in [1.165, 1.54) is 22.3 Å². The van der Waals surface area contributed by atoms with E-state index < -0.39 is 0 Å². The molecule has 1 atom stereocenters. The van der Waals surface area contributed by atoms with Crippen molar-refractivity contribution < 1.29 is 4.74 Å². The van der Waals surface area contributed by atoms with Gasteiger partial charge in [-0.2, -0.15) is 0 Å². The fraction of sp³-hybridized carbons (Fsp3) is 0.375. The maximum absolute atomic E-state index is 5.56. The zero-order valence-electron chi connectivity index (χ0n) is 17.2. The maximum Gasteiger partial charge on any atom is 0.123 e. The summed E-state index contributed by atoms with van der Waals surface area (Å²) in [6.45, 7) is 9.55. The van der Waals surface area contributed by atoms with E-state index >= 15 is 0 Å². The van der Waals surface area contributed by atoms with Crippen LogP contribution in [0.5, 0.6) is 0 Å². The zero-order chi connectivity index (χ0) is 20.1. The summed E-state index contributed by atoms with van der Waals surface area (Å²) in [5.74, 6) is 0. The number of nitrogens with zero attached hydrogens (tertiary/aromatic N) is 2. The van der Waals surface area contributed by atoms with Crippen LogP contribution in [0.3, 0.4) is 0 Å². The number of hydrogen-bond donors (Lipinski definition) is 1. The fourth-order valence-electron chi connectivity index (χ4n) is 3.78. The molecule has 152 valence electrons. The molecule has 1 fully saturated rings. The Hall–Kier alpha value is -2.05. The third-order valence-electron chi connectivity index (χ3n) is 5.41. The third kappa shape index (κ3) is 5.31. The number of aryl methyl sites for hydroxylation is 2. The van der Waals surface area contributed by atoms with Gasteiger partial charge in [0.2, 0.25) is 0 Å². The van der Waals surface area contributed by atoms with Gasteiger partial charge in [-0.15, -0.1) is 11.3 Å². The maximum atomic E-state index is 5.56. The average Bonchev–Trinajstić information content (AvgIpc) is 3.21. The van der Waals surface area contributed by atoms with Gasteiger partial charge < -0.3 is 10.1 Å². The molecule has 0 bridgehead atoms. The zero-order valence-corrected chi connectivity index (χ0v) is 18.0. The van der Waals surface area contributed by atoms with Crippen LogP contribution in [0.15, 0.2) is 53.9 Å². The molecule has 29 heavy (non-hydrogen) atoms. The van der Waals surface area contributed by atoms with Gasteiger partial charge in [-0.1, -0.05) is 59.7 Å². The van der Waals surface area contributed by atoms with Crippen LogP contribution in [0.25, 0.3) is 10.6 Å². The lowest BCUT2D eigenvalue weighted by molar-refractivity contribution is 0.0161. The molecule has 5 heteroatoms. The third-order valence-corrected chi connectivity index (χ3v) is 6.35. The molecule has 2 aromatic carbocycles. The van der Waals surface area contributed by atoms with E-state index in [0.29, 0.717) is 6.04 Å². The quantitative estimate of drug-likeness (QED) is 0.622. The molecule has 1 aliphatic heterocycles. The highest BCUT2D eigenvalue weighted by molar-refractivity contribution is 7.13. The first-order valence-electron chi connectivity index (χ1n) is 10.3. The average molecular weight is 408 g/mol. The minimum atomic E-state index is 0.356. The van der Waals surface area contributed by atoms with Crippen LogP contribution in [-0.4, -0.2) is 42.7 Å². The van der Waals surface area contributed by atoms with Gasteiger partial charge in [0.05, 0.1) is 18.9 Å². The molecule has 4 rings (SSSR count). The Morgan fingerprint density at radius 1 is 1.07 bits per heavy atom. The smallest absolute Gasteiger partial charge is 0.123 e. The number of rotatable bonds is 7. The summed E-state index contributed by atoms with van der Waals surface area (Å²) in [4.78, 5) is 7.36. The second kappa shape index (κ2) is 9.63. The van der Waals surface area contributed by atoms with Gasteiger partial charge in [0, 0.05) is 43.2 Å². The Morgan fingerprint density at radius 2 is 1.86 bits per heavy atom. The highest BCUT2D eigenvalue weighted by Crippen LogP contribution is 2.25. The SMILES string of the molecule is Cc1ccc(-c2nc(CNCC(c3cccc(C)c3)N3CCOCC3)cs2)cc1. The Balaban J connectivity index is 1.40. The Labute approximate surface area is 177 Å². The molecule has 0 radical (unpaired) electrons. The number of nitrogens with one attached hydrogen (secondary N) is 1. The van der Waals surface area contributed by atoms with E-state index in [1.807, 2.05) is 0 Å². The predicted molar refractivity (Wildman–Crippen MR) is 120 cm³/mol. The van der Waals surface area contributed by atoms with Crippen molar-refractivity contribution in [3.8, 4) is 10.6 Å². The molecule has 0 aliphatic carbocycles. The van der Waals surface area contributed by atoms with Crippen molar-refractivity contribution in [1.82, 2.24) is 15.2 Å². The molecular formula is C24H29N3OS. The molecule has 0 saturated carbocycles. The molecular weight excluding hydrogens is 378 g/mol. The van der Waals surface area contributed by atoms with Gasteiger partial charge in [0.15, 0.2) is 0 Å². The highest BCUT2D eigenvalue weighted by Gasteiger charge is 2.22. The van der Waals surface area contributed by atoms with Crippen molar-refractivity contribution in [1.29, 1.82) is 0 Å². The van der Waals surface area contributed by atoms with Gasteiger partial charge >= 0.3 is 0 Å². The minimum absolute atomic E-state index is 0.356. The molecule has 0 amide bonds. The molecule has 1 unspecified atom stereocenters. The first-order valence-corrected chi connectivity index (χ1v) is 11.2.